The molecule has 2 heteroatoms. The number of hydrogen-bond acceptors (Lipinski definition) is 2. The minimum Gasteiger partial charge on any atom is -0.198 e. The average molecular weight is 146 g/mol. The Morgan fingerprint density at radius 2 is 2.36 bits per heavy atom. The van der Waals surface area contributed by atoms with E-state index < -0.39 is 0 Å². The molecule has 0 amide bonds. The molecule has 2 atom stereocenters. The Morgan fingerprint density at radius 3 is 2.82 bits per heavy atom. The predicted octanol–water partition coefficient (Wildman–Crippen LogP) is 2.01. The summed E-state index contributed by atoms with van der Waals surface area (Å²) >= 11 is 0. The standard InChI is InChI=1S/C9H10N2/c10-6-5-9(7-11)8-3-1-2-4-8/h1,3,8-9H,2,4-5H2. The van der Waals surface area contributed by atoms with Crippen LogP contribution in [0, 0.1) is 34.5 Å². The minimum absolute atomic E-state index is 0.0845. The van der Waals surface area contributed by atoms with Crippen molar-refractivity contribution in [2.75, 3.05) is 0 Å². The molecule has 11 heavy (non-hydrogen) atoms. The monoisotopic (exact) mass is 146 g/mol. The summed E-state index contributed by atoms with van der Waals surface area (Å²) in [6.45, 7) is 0. The van der Waals surface area contributed by atoms with Gasteiger partial charge in [0.1, 0.15) is 0 Å². The minimum atomic E-state index is -0.0845. The molecule has 0 spiro atoms. The second-order valence-electron chi connectivity index (χ2n) is 2.77. The van der Waals surface area contributed by atoms with Crippen molar-refractivity contribution in [3.63, 3.8) is 0 Å². The third-order valence-electron chi connectivity index (χ3n) is 2.04. The van der Waals surface area contributed by atoms with E-state index in [1.807, 2.05) is 6.07 Å². The number of allylic oxidation sites excluding steroid dienone is 2. The van der Waals surface area contributed by atoms with Crippen LogP contribution in [0.3, 0.4) is 0 Å². The molecule has 2 unspecified atom stereocenters. The van der Waals surface area contributed by atoms with Crippen LogP contribution in [0.4, 0.5) is 0 Å². The van der Waals surface area contributed by atoms with Gasteiger partial charge in [0.2, 0.25) is 0 Å². The fourth-order valence-corrected chi connectivity index (χ4v) is 1.38. The maximum atomic E-state index is 8.68. The van der Waals surface area contributed by atoms with Crippen LogP contribution in [0.1, 0.15) is 19.3 Å². The third-order valence-corrected chi connectivity index (χ3v) is 2.04. The van der Waals surface area contributed by atoms with E-state index in [4.69, 9.17) is 10.5 Å². The van der Waals surface area contributed by atoms with Gasteiger partial charge in [0.15, 0.2) is 0 Å². The largest absolute Gasteiger partial charge is 0.198 e. The summed E-state index contributed by atoms with van der Waals surface area (Å²) < 4.78 is 0. The molecule has 0 aliphatic heterocycles. The van der Waals surface area contributed by atoms with Crippen LogP contribution in [-0.2, 0) is 0 Å². The van der Waals surface area contributed by atoms with E-state index >= 15 is 0 Å². The third kappa shape index (κ3) is 1.82. The maximum absolute atomic E-state index is 8.68. The highest BCUT2D eigenvalue weighted by molar-refractivity contribution is 5.06. The van der Waals surface area contributed by atoms with Gasteiger partial charge < -0.3 is 0 Å². The van der Waals surface area contributed by atoms with Crippen molar-refractivity contribution in [2.24, 2.45) is 11.8 Å². The quantitative estimate of drug-likeness (QED) is 0.559. The number of rotatable bonds is 2. The zero-order chi connectivity index (χ0) is 8.10. The molecule has 1 aliphatic rings. The lowest BCUT2D eigenvalue weighted by molar-refractivity contribution is 0.485. The molecular formula is C9H10N2. The Kier molecular flexibility index (Phi) is 2.69. The lowest BCUT2D eigenvalue weighted by atomic mass is 9.91. The lowest BCUT2D eigenvalue weighted by Crippen LogP contribution is -2.07. The Hall–Kier alpha value is -1.28. The average Bonchev–Trinajstić information content (AvgIpc) is 2.52. The summed E-state index contributed by atoms with van der Waals surface area (Å²) in [5.74, 6) is 0.249. The van der Waals surface area contributed by atoms with Crippen molar-refractivity contribution in [2.45, 2.75) is 19.3 Å². The number of hydrogen-bond donors (Lipinski definition) is 0. The SMILES string of the molecule is N#CCC(C#N)C1C=CCC1. The van der Waals surface area contributed by atoms with Gasteiger partial charge in [-0.2, -0.15) is 10.5 Å². The summed E-state index contributed by atoms with van der Waals surface area (Å²) in [4.78, 5) is 0. The molecule has 0 aromatic rings. The second kappa shape index (κ2) is 3.78. The topological polar surface area (TPSA) is 47.6 Å². The highest BCUT2D eigenvalue weighted by Gasteiger charge is 2.20. The first-order valence-corrected chi connectivity index (χ1v) is 3.81. The van der Waals surface area contributed by atoms with E-state index in [9.17, 15) is 0 Å². The van der Waals surface area contributed by atoms with Crippen LogP contribution < -0.4 is 0 Å². The van der Waals surface area contributed by atoms with Crippen molar-refractivity contribution >= 4 is 0 Å². The van der Waals surface area contributed by atoms with Crippen molar-refractivity contribution in [1.29, 1.82) is 10.5 Å². The molecule has 0 aromatic carbocycles. The van der Waals surface area contributed by atoms with Crippen LogP contribution in [-0.4, -0.2) is 0 Å². The van der Waals surface area contributed by atoms with Crippen molar-refractivity contribution in [3.05, 3.63) is 12.2 Å². The molecule has 0 saturated carbocycles. The van der Waals surface area contributed by atoms with Gasteiger partial charge in [-0.25, -0.2) is 0 Å². The molecule has 0 bridgehead atoms. The van der Waals surface area contributed by atoms with E-state index in [2.05, 4.69) is 18.2 Å². The summed E-state index contributed by atoms with van der Waals surface area (Å²) in [6, 6.07) is 4.21. The maximum Gasteiger partial charge on any atom is 0.0672 e. The Labute approximate surface area is 66.7 Å². The van der Waals surface area contributed by atoms with Crippen LogP contribution in [0.5, 0.6) is 0 Å². The molecule has 1 rings (SSSR count). The first kappa shape index (κ1) is 7.82. The summed E-state index contributed by atoms with van der Waals surface area (Å²) in [5.41, 5.74) is 0. The second-order valence-corrected chi connectivity index (χ2v) is 2.77. The molecule has 0 N–H and O–H groups in total. The molecule has 0 fully saturated rings. The van der Waals surface area contributed by atoms with E-state index in [-0.39, 0.29) is 5.92 Å². The van der Waals surface area contributed by atoms with Crippen molar-refractivity contribution in [1.82, 2.24) is 0 Å². The van der Waals surface area contributed by atoms with Gasteiger partial charge in [0.05, 0.1) is 24.5 Å². The molecule has 56 valence electrons. The molecule has 2 nitrogen and oxygen atoms in total. The molecular weight excluding hydrogens is 136 g/mol. The van der Waals surface area contributed by atoms with Crippen molar-refractivity contribution in [3.8, 4) is 12.1 Å². The molecule has 0 heterocycles. The Bertz CT molecular complexity index is 229. The zero-order valence-corrected chi connectivity index (χ0v) is 6.33. The van der Waals surface area contributed by atoms with Gasteiger partial charge in [-0.15, -0.1) is 0 Å². The van der Waals surface area contributed by atoms with Gasteiger partial charge in [-0.3, -0.25) is 0 Å². The van der Waals surface area contributed by atoms with Crippen LogP contribution in [0.2, 0.25) is 0 Å². The van der Waals surface area contributed by atoms with Crippen LogP contribution in [0.15, 0.2) is 12.2 Å². The van der Waals surface area contributed by atoms with E-state index in [1.54, 1.807) is 0 Å². The number of nitriles is 2. The van der Waals surface area contributed by atoms with E-state index in [1.165, 1.54) is 0 Å². The Morgan fingerprint density at radius 1 is 1.55 bits per heavy atom. The van der Waals surface area contributed by atoms with Crippen LogP contribution >= 0.6 is 0 Å². The highest BCUT2D eigenvalue weighted by atomic mass is 14.3. The molecule has 0 aromatic heterocycles. The summed E-state index contributed by atoms with van der Waals surface area (Å²) in [7, 11) is 0. The first-order chi connectivity index (χ1) is 5.38. The number of nitrogens with zero attached hydrogens (tertiary/aromatic N) is 2. The molecule has 1 aliphatic carbocycles. The molecule has 0 radical (unpaired) electrons. The normalized spacial score (nSPS) is 24.0. The van der Waals surface area contributed by atoms with Crippen molar-refractivity contribution < 1.29 is 0 Å². The van der Waals surface area contributed by atoms with Gasteiger partial charge in [-0.05, 0) is 18.8 Å². The summed E-state index contributed by atoms with van der Waals surface area (Å²) in [6.07, 6.45) is 6.62. The van der Waals surface area contributed by atoms with Gasteiger partial charge in [0, 0.05) is 0 Å². The fourth-order valence-electron chi connectivity index (χ4n) is 1.38. The smallest absolute Gasteiger partial charge is 0.0672 e. The zero-order valence-electron chi connectivity index (χ0n) is 6.33. The van der Waals surface area contributed by atoms with Gasteiger partial charge in [-0.1, -0.05) is 12.2 Å². The van der Waals surface area contributed by atoms with E-state index in [0.29, 0.717) is 12.3 Å². The van der Waals surface area contributed by atoms with Gasteiger partial charge in [0.25, 0.3) is 0 Å². The molecule has 0 saturated heterocycles. The first-order valence-electron chi connectivity index (χ1n) is 3.81. The van der Waals surface area contributed by atoms with Gasteiger partial charge >= 0.3 is 0 Å². The lowest BCUT2D eigenvalue weighted by Gasteiger charge is -2.09. The van der Waals surface area contributed by atoms with Crippen LogP contribution in [0.25, 0.3) is 0 Å². The Balaban J connectivity index is 2.50. The predicted molar refractivity (Wildman–Crippen MR) is 41.2 cm³/mol. The summed E-state index contributed by atoms with van der Waals surface area (Å²) in [5, 5.41) is 17.1. The highest BCUT2D eigenvalue weighted by Crippen LogP contribution is 2.26. The fraction of sp³-hybridized carbons (Fsp3) is 0.556. The van der Waals surface area contributed by atoms with E-state index in [0.717, 1.165) is 12.8 Å².